The first-order valence-electron chi connectivity index (χ1n) is 6.07. The molecule has 2 rings (SSSR count). The van der Waals surface area contributed by atoms with Crippen LogP contribution in [0.1, 0.15) is 4.88 Å². The standard InChI is InChI=1S/C14H18N2O2S/c1-17-7-8-18-12-4-2-11(3-5-12)16-10-14-13(15)6-9-19-14/h2-6,9,16H,7-8,10,15H2,1H3. The highest BCUT2D eigenvalue weighted by Crippen LogP contribution is 2.21. The number of hydrogen-bond acceptors (Lipinski definition) is 5. The Labute approximate surface area is 117 Å². The number of anilines is 2. The number of benzene rings is 1. The smallest absolute Gasteiger partial charge is 0.119 e. The van der Waals surface area contributed by atoms with Gasteiger partial charge in [-0.1, -0.05) is 0 Å². The Morgan fingerprint density at radius 3 is 2.58 bits per heavy atom. The van der Waals surface area contributed by atoms with Crippen LogP contribution in [0.3, 0.4) is 0 Å². The molecule has 0 aliphatic heterocycles. The molecule has 1 aromatic heterocycles. The summed E-state index contributed by atoms with van der Waals surface area (Å²) >= 11 is 1.66. The van der Waals surface area contributed by atoms with E-state index in [0.29, 0.717) is 13.2 Å². The summed E-state index contributed by atoms with van der Waals surface area (Å²) in [7, 11) is 1.66. The molecule has 4 nitrogen and oxygen atoms in total. The van der Waals surface area contributed by atoms with Gasteiger partial charge in [0.15, 0.2) is 0 Å². The lowest BCUT2D eigenvalue weighted by atomic mass is 10.3. The SMILES string of the molecule is COCCOc1ccc(NCc2sccc2N)cc1. The van der Waals surface area contributed by atoms with Gasteiger partial charge in [0.25, 0.3) is 0 Å². The van der Waals surface area contributed by atoms with Crippen molar-refractivity contribution < 1.29 is 9.47 Å². The molecule has 0 saturated carbocycles. The zero-order valence-corrected chi connectivity index (χ0v) is 11.7. The Bertz CT molecular complexity index is 496. The monoisotopic (exact) mass is 278 g/mol. The van der Waals surface area contributed by atoms with Crippen LogP contribution in [-0.2, 0) is 11.3 Å². The first-order chi connectivity index (χ1) is 9.29. The fraction of sp³-hybridized carbons (Fsp3) is 0.286. The summed E-state index contributed by atoms with van der Waals surface area (Å²) in [4.78, 5) is 1.15. The van der Waals surface area contributed by atoms with E-state index in [1.54, 1.807) is 18.4 Å². The average molecular weight is 278 g/mol. The molecule has 2 aromatic rings. The zero-order chi connectivity index (χ0) is 13.5. The van der Waals surface area contributed by atoms with Crippen molar-refractivity contribution in [3.05, 3.63) is 40.6 Å². The van der Waals surface area contributed by atoms with E-state index in [2.05, 4.69) is 5.32 Å². The highest BCUT2D eigenvalue weighted by molar-refractivity contribution is 7.10. The van der Waals surface area contributed by atoms with Gasteiger partial charge in [-0.25, -0.2) is 0 Å². The molecule has 0 atom stereocenters. The molecular weight excluding hydrogens is 260 g/mol. The molecule has 0 aliphatic rings. The van der Waals surface area contributed by atoms with E-state index in [1.165, 1.54) is 0 Å². The maximum Gasteiger partial charge on any atom is 0.119 e. The van der Waals surface area contributed by atoms with Crippen LogP contribution in [-0.4, -0.2) is 20.3 Å². The quantitative estimate of drug-likeness (QED) is 0.765. The topological polar surface area (TPSA) is 56.5 Å². The normalized spacial score (nSPS) is 10.4. The Morgan fingerprint density at radius 1 is 1.16 bits per heavy atom. The van der Waals surface area contributed by atoms with E-state index in [4.69, 9.17) is 15.2 Å². The fourth-order valence-electron chi connectivity index (χ4n) is 1.59. The number of nitrogens with one attached hydrogen (secondary N) is 1. The van der Waals surface area contributed by atoms with Crippen molar-refractivity contribution in [1.82, 2.24) is 0 Å². The Hall–Kier alpha value is -1.72. The summed E-state index contributed by atoms with van der Waals surface area (Å²) in [5.41, 5.74) is 7.73. The molecular formula is C14H18N2O2S. The van der Waals surface area contributed by atoms with E-state index < -0.39 is 0 Å². The number of methoxy groups -OCH3 is 1. The minimum Gasteiger partial charge on any atom is -0.491 e. The van der Waals surface area contributed by atoms with Crippen LogP contribution in [0.5, 0.6) is 5.75 Å². The average Bonchev–Trinajstić information content (AvgIpc) is 2.84. The summed E-state index contributed by atoms with van der Waals surface area (Å²) in [5.74, 6) is 0.846. The summed E-state index contributed by atoms with van der Waals surface area (Å²) in [6, 6.07) is 9.79. The van der Waals surface area contributed by atoms with Gasteiger partial charge >= 0.3 is 0 Å². The lowest BCUT2D eigenvalue weighted by Crippen LogP contribution is -2.04. The molecule has 5 heteroatoms. The first-order valence-corrected chi connectivity index (χ1v) is 6.95. The summed E-state index contributed by atoms with van der Waals surface area (Å²) in [5, 5.41) is 5.33. The van der Waals surface area contributed by atoms with Gasteiger partial charge in [-0.3, -0.25) is 0 Å². The van der Waals surface area contributed by atoms with Crippen molar-refractivity contribution in [1.29, 1.82) is 0 Å². The van der Waals surface area contributed by atoms with Crippen molar-refractivity contribution in [2.24, 2.45) is 0 Å². The summed E-state index contributed by atoms with van der Waals surface area (Å²) < 4.78 is 10.4. The first kappa shape index (κ1) is 13.7. The lowest BCUT2D eigenvalue weighted by molar-refractivity contribution is 0.146. The largest absolute Gasteiger partial charge is 0.491 e. The molecule has 1 heterocycles. The molecule has 0 saturated heterocycles. The highest BCUT2D eigenvalue weighted by Gasteiger charge is 2.00. The number of thiophene rings is 1. The lowest BCUT2D eigenvalue weighted by Gasteiger charge is -2.08. The van der Waals surface area contributed by atoms with E-state index in [9.17, 15) is 0 Å². The number of nitrogens with two attached hydrogens (primary N) is 1. The third-order valence-electron chi connectivity index (χ3n) is 2.64. The second kappa shape index (κ2) is 7.01. The van der Waals surface area contributed by atoms with Crippen molar-refractivity contribution in [3.8, 4) is 5.75 Å². The molecule has 0 radical (unpaired) electrons. The number of hydrogen-bond donors (Lipinski definition) is 2. The van der Waals surface area contributed by atoms with Gasteiger partial charge in [-0.2, -0.15) is 0 Å². The van der Waals surface area contributed by atoms with E-state index in [0.717, 1.165) is 28.5 Å². The van der Waals surface area contributed by atoms with Crippen LogP contribution in [0.15, 0.2) is 35.7 Å². The molecule has 0 spiro atoms. The van der Waals surface area contributed by atoms with E-state index in [-0.39, 0.29) is 0 Å². The molecule has 102 valence electrons. The third-order valence-corrected chi connectivity index (χ3v) is 3.58. The number of ether oxygens (including phenoxy) is 2. The van der Waals surface area contributed by atoms with Crippen LogP contribution in [0.2, 0.25) is 0 Å². The third kappa shape index (κ3) is 4.15. The predicted molar refractivity (Wildman–Crippen MR) is 79.9 cm³/mol. The molecule has 0 bridgehead atoms. The molecule has 0 amide bonds. The van der Waals surface area contributed by atoms with Crippen LogP contribution < -0.4 is 15.8 Å². The van der Waals surface area contributed by atoms with Gasteiger partial charge in [0.1, 0.15) is 12.4 Å². The second-order valence-corrected chi connectivity index (χ2v) is 5.02. The van der Waals surface area contributed by atoms with Gasteiger partial charge in [0.2, 0.25) is 0 Å². The van der Waals surface area contributed by atoms with E-state index in [1.807, 2.05) is 35.7 Å². The molecule has 0 fully saturated rings. The van der Waals surface area contributed by atoms with Crippen molar-refractivity contribution in [3.63, 3.8) is 0 Å². The Morgan fingerprint density at radius 2 is 1.95 bits per heavy atom. The van der Waals surface area contributed by atoms with Crippen molar-refractivity contribution >= 4 is 22.7 Å². The minimum absolute atomic E-state index is 0.564. The van der Waals surface area contributed by atoms with Gasteiger partial charge in [-0.05, 0) is 35.7 Å². The van der Waals surface area contributed by atoms with Gasteiger partial charge in [-0.15, -0.1) is 11.3 Å². The van der Waals surface area contributed by atoms with Gasteiger partial charge in [0.05, 0.1) is 13.2 Å². The van der Waals surface area contributed by atoms with Crippen molar-refractivity contribution in [2.45, 2.75) is 6.54 Å². The van der Waals surface area contributed by atoms with Crippen molar-refractivity contribution in [2.75, 3.05) is 31.4 Å². The molecule has 0 aliphatic carbocycles. The number of nitrogen functional groups attached to an aromatic ring is 1. The highest BCUT2D eigenvalue weighted by atomic mass is 32.1. The molecule has 1 aromatic carbocycles. The van der Waals surface area contributed by atoms with E-state index >= 15 is 0 Å². The zero-order valence-electron chi connectivity index (χ0n) is 10.9. The Kier molecular flexibility index (Phi) is 5.06. The maximum absolute atomic E-state index is 5.84. The maximum atomic E-state index is 5.84. The van der Waals surface area contributed by atoms with Gasteiger partial charge in [0, 0.05) is 23.4 Å². The van der Waals surface area contributed by atoms with Crippen LogP contribution in [0, 0.1) is 0 Å². The summed E-state index contributed by atoms with van der Waals surface area (Å²) in [6.45, 7) is 1.90. The summed E-state index contributed by atoms with van der Waals surface area (Å²) in [6.07, 6.45) is 0. The van der Waals surface area contributed by atoms with Crippen LogP contribution in [0.25, 0.3) is 0 Å². The van der Waals surface area contributed by atoms with Crippen LogP contribution >= 0.6 is 11.3 Å². The molecule has 3 N–H and O–H groups in total. The molecule has 19 heavy (non-hydrogen) atoms. The predicted octanol–water partition coefficient (Wildman–Crippen LogP) is 2.97. The Balaban J connectivity index is 1.83. The van der Waals surface area contributed by atoms with Crippen LogP contribution in [0.4, 0.5) is 11.4 Å². The minimum atomic E-state index is 0.564. The fourth-order valence-corrected chi connectivity index (χ4v) is 2.33. The second-order valence-electron chi connectivity index (χ2n) is 4.02. The molecule has 0 unspecified atom stereocenters. The van der Waals surface area contributed by atoms with Gasteiger partial charge < -0.3 is 20.5 Å². The number of rotatable bonds is 7.